The third kappa shape index (κ3) is 5.62. The summed E-state index contributed by atoms with van der Waals surface area (Å²) in [7, 11) is -3.57. The molecular weight excluding hydrogens is 358 g/mol. The van der Waals surface area contributed by atoms with Crippen LogP contribution in [0.15, 0.2) is 35.4 Å². The molecular formula is C15H19N7O3S. The molecule has 1 aromatic heterocycles. The number of allylic oxidation sites excluding steroid dienone is 1. The van der Waals surface area contributed by atoms with Crippen LogP contribution in [0.25, 0.3) is 5.57 Å². The van der Waals surface area contributed by atoms with E-state index in [-0.39, 0.29) is 16.3 Å². The van der Waals surface area contributed by atoms with Crippen molar-refractivity contribution in [2.45, 2.75) is 18.2 Å². The number of benzene rings is 1. The van der Waals surface area contributed by atoms with Gasteiger partial charge in [0.05, 0.1) is 4.90 Å². The highest BCUT2D eigenvalue weighted by Gasteiger charge is 2.13. The average molecular weight is 377 g/mol. The molecule has 3 N–H and O–H groups in total. The van der Waals surface area contributed by atoms with Crippen LogP contribution in [0.1, 0.15) is 19.2 Å². The van der Waals surface area contributed by atoms with Crippen LogP contribution in [0.5, 0.6) is 0 Å². The second kappa shape index (κ2) is 9.62. The Kier molecular flexibility index (Phi) is 7.22. The number of anilines is 1. The first-order valence-corrected chi connectivity index (χ1v) is 9.33. The van der Waals surface area contributed by atoms with Crippen molar-refractivity contribution in [2.24, 2.45) is 0 Å². The van der Waals surface area contributed by atoms with Crippen LogP contribution in [0.3, 0.4) is 0 Å². The van der Waals surface area contributed by atoms with E-state index in [1.807, 2.05) is 13.0 Å². The molecule has 0 fully saturated rings. The van der Waals surface area contributed by atoms with Gasteiger partial charge in [-0.2, -0.15) is 10.5 Å². The molecule has 0 spiro atoms. The molecule has 0 aliphatic heterocycles. The molecule has 0 saturated carbocycles. The van der Waals surface area contributed by atoms with Gasteiger partial charge < -0.3 is 10.1 Å². The van der Waals surface area contributed by atoms with E-state index >= 15 is 0 Å². The molecule has 0 bridgehead atoms. The zero-order chi connectivity index (χ0) is 18.8. The van der Waals surface area contributed by atoms with Gasteiger partial charge in [0.2, 0.25) is 15.8 Å². The van der Waals surface area contributed by atoms with Gasteiger partial charge in [0.1, 0.15) is 11.6 Å². The lowest BCUT2D eigenvalue weighted by atomic mass is 10.3. The summed E-state index contributed by atoms with van der Waals surface area (Å²) in [5, 5.41) is 25.1. The van der Waals surface area contributed by atoms with Crippen molar-refractivity contribution < 1.29 is 13.2 Å². The van der Waals surface area contributed by atoms with E-state index in [1.54, 1.807) is 12.1 Å². The molecule has 1 heterocycles. The Morgan fingerprint density at radius 2 is 2.15 bits per heavy atom. The zero-order valence-electron chi connectivity index (χ0n) is 14.1. The topological polar surface area (TPSA) is 146 Å². The number of nitrogens with one attached hydrogen (secondary N) is 3. The molecule has 2 rings (SSSR count). The second-order valence-electron chi connectivity index (χ2n) is 5.02. The molecule has 0 amide bonds. The SMILES string of the molecule is CCOCCCNS(=O)(=O)c1ccc(NC=C(C#N)c2nn[nH]n2)cc1. The number of aromatic amines is 1. The molecule has 0 aliphatic carbocycles. The molecule has 11 heteroatoms. The molecule has 0 aliphatic rings. The van der Waals surface area contributed by atoms with Crippen LogP contribution >= 0.6 is 0 Å². The Morgan fingerprint density at radius 3 is 2.77 bits per heavy atom. The molecule has 0 atom stereocenters. The van der Waals surface area contributed by atoms with Crippen molar-refractivity contribution in [3.63, 3.8) is 0 Å². The van der Waals surface area contributed by atoms with Crippen molar-refractivity contribution >= 4 is 21.3 Å². The summed E-state index contributed by atoms with van der Waals surface area (Å²) in [6, 6.07) is 8.08. The van der Waals surface area contributed by atoms with Crippen molar-refractivity contribution in [1.82, 2.24) is 25.3 Å². The van der Waals surface area contributed by atoms with Gasteiger partial charge in [-0.15, -0.1) is 10.2 Å². The molecule has 1 aromatic carbocycles. The summed E-state index contributed by atoms with van der Waals surface area (Å²) < 4.78 is 32.1. The van der Waals surface area contributed by atoms with E-state index in [1.165, 1.54) is 18.3 Å². The minimum Gasteiger partial charge on any atom is -0.382 e. The highest BCUT2D eigenvalue weighted by atomic mass is 32.2. The summed E-state index contributed by atoms with van der Waals surface area (Å²) in [4.78, 5) is 0.155. The van der Waals surface area contributed by atoms with Crippen LogP contribution in [0.2, 0.25) is 0 Å². The largest absolute Gasteiger partial charge is 0.382 e. The summed E-state index contributed by atoms with van der Waals surface area (Å²) in [5.41, 5.74) is 0.794. The first-order chi connectivity index (χ1) is 12.6. The minimum atomic E-state index is -3.57. The molecule has 2 aromatic rings. The van der Waals surface area contributed by atoms with E-state index in [0.717, 1.165) is 0 Å². The standard InChI is InChI=1S/C15H19N7O3S/c1-2-25-9-3-8-18-26(23,24)14-6-4-13(5-7-14)17-11-12(10-16)15-19-21-22-20-15/h4-7,11,17-18H,2-3,8-9H2,1H3,(H,19,20,21,22). The third-order valence-electron chi connectivity index (χ3n) is 3.22. The number of nitriles is 1. The number of hydrogen-bond acceptors (Lipinski definition) is 8. The monoisotopic (exact) mass is 377 g/mol. The molecule has 0 saturated heterocycles. The maximum absolute atomic E-state index is 12.2. The Labute approximate surface area is 151 Å². The number of aromatic nitrogens is 4. The number of ether oxygens (including phenoxy) is 1. The maximum atomic E-state index is 12.2. The van der Waals surface area contributed by atoms with Gasteiger partial charge >= 0.3 is 0 Å². The van der Waals surface area contributed by atoms with Crippen LogP contribution in [0, 0.1) is 11.3 Å². The predicted molar refractivity (Wildman–Crippen MR) is 94.1 cm³/mol. The average Bonchev–Trinajstić information content (AvgIpc) is 3.17. The minimum absolute atomic E-state index is 0.155. The number of hydrogen-bond donors (Lipinski definition) is 3. The normalized spacial score (nSPS) is 11.9. The first-order valence-electron chi connectivity index (χ1n) is 7.85. The molecule has 10 nitrogen and oxygen atoms in total. The summed E-state index contributed by atoms with van der Waals surface area (Å²) in [5.74, 6) is 0.162. The lowest BCUT2D eigenvalue weighted by Gasteiger charge is -2.08. The smallest absolute Gasteiger partial charge is 0.240 e. The first kappa shape index (κ1) is 19.5. The predicted octanol–water partition coefficient (Wildman–Crippen LogP) is 0.881. The number of sulfonamides is 1. The Morgan fingerprint density at radius 1 is 1.38 bits per heavy atom. The van der Waals surface area contributed by atoms with E-state index in [4.69, 9.17) is 10.00 Å². The van der Waals surface area contributed by atoms with Crippen LogP contribution in [-0.2, 0) is 14.8 Å². The van der Waals surface area contributed by atoms with Gasteiger partial charge in [0.15, 0.2) is 0 Å². The van der Waals surface area contributed by atoms with E-state index < -0.39 is 10.0 Å². The molecule has 138 valence electrons. The van der Waals surface area contributed by atoms with E-state index in [9.17, 15) is 8.42 Å². The van der Waals surface area contributed by atoms with Crippen molar-refractivity contribution in [3.05, 3.63) is 36.3 Å². The van der Waals surface area contributed by atoms with Crippen LogP contribution < -0.4 is 10.0 Å². The number of rotatable bonds is 10. The maximum Gasteiger partial charge on any atom is 0.240 e. The van der Waals surface area contributed by atoms with Crippen molar-refractivity contribution in [1.29, 1.82) is 5.26 Å². The highest BCUT2D eigenvalue weighted by Crippen LogP contribution is 2.15. The van der Waals surface area contributed by atoms with Gasteiger partial charge in [-0.3, -0.25) is 0 Å². The van der Waals surface area contributed by atoms with E-state index in [0.29, 0.717) is 31.9 Å². The van der Waals surface area contributed by atoms with Gasteiger partial charge in [-0.05, 0) is 42.8 Å². The van der Waals surface area contributed by atoms with Gasteiger partial charge in [0, 0.05) is 31.6 Å². The number of H-pyrrole nitrogens is 1. The van der Waals surface area contributed by atoms with Gasteiger partial charge in [-0.1, -0.05) is 0 Å². The lowest BCUT2D eigenvalue weighted by molar-refractivity contribution is 0.146. The lowest BCUT2D eigenvalue weighted by Crippen LogP contribution is -2.25. The van der Waals surface area contributed by atoms with Gasteiger partial charge in [0.25, 0.3) is 0 Å². The van der Waals surface area contributed by atoms with Crippen molar-refractivity contribution in [2.75, 3.05) is 25.1 Å². The van der Waals surface area contributed by atoms with E-state index in [2.05, 4.69) is 30.7 Å². The zero-order valence-corrected chi connectivity index (χ0v) is 15.0. The number of nitrogens with zero attached hydrogens (tertiary/aromatic N) is 4. The molecule has 26 heavy (non-hydrogen) atoms. The molecule has 0 radical (unpaired) electrons. The fourth-order valence-corrected chi connectivity index (χ4v) is 2.99. The quantitative estimate of drug-likeness (QED) is 0.408. The fourth-order valence-electron chi connectivity index (χ4n) is 1.92. The Balaban J connectivity index is 1.96. The summed E-state index contributed by atoms with van der Waals surface area (Å²) in [6.07, 6.45) is 2.02. The Hall–Kier alpha value is -2.81. The van der Waals surface area contributed by atoms with Gasteiger partial charge in [-0.25, -0.2) is 13.1 Å². The van der Waals surface area contributed by atoms with Crippen molar-refractivity contribution in [3.8, 4) is 6.07 Å². The highest BCUT2D eigenvalue weighted by molar-refractivity contribution is 7.89. The number of tetrazole rings is 1. The molecule has 0 unspecified atom stereocenters. The van der Waals surface area contributed by atoms with Crippen LogP contribution in [0.4, 0.5) is 5.69 Å². The van der Waals surface area contributed by atoms with Crippen LogP contribution in [-0.4, -0.2) is 48.8 Å². The summed E-state index contributed by atoms with van der Waals surface area (Å²) in [6.45, 7) is 3.31. The third-order valence-corrected chi connectivity index (χ3v) is 4.69. The second-order valence-corrected chi connectivity index (χ2v) is 6.79. The Bertz CT molecular complexity index is 856. The summed E-state index contributed by atoms with van der Waals surface area (Å²) >= 11 is 0. The fraction of sp³-hybridized carbons (Fsp3) is 0.333.